The minimum absolute atomic E-state index is 0.195. The summed E-state index contributed by atoms with van der Waals surface area (Å²) in [7, 11) is 1.64. The van der Waals surface area contributed by atoms with E-state index in [2.05, 4.69) is 0 Å². The summed E-state index contributed by atoms with van der Waals surface area (Å²) < 4.78 is 16.3. The summed E-state index contributed by atoms with van der Waals surface area (Å²) >= 11 is 0. The molecule has 0 bridgehead atoms. The maximum Gasteiger partial charge on any atom is 0.414 e. The molecule has 1 amide bonds. The molecule has 25 heavy (non-hydrogen) atoms. The lowest BCUT2D eigenvalue weighted by Crippen LogP contribution is -2.35. The summed E-state index contributed by atoms with van der Waals surface area (Å²) in [5.41, 5.74) is 7.59. The topological polar surface area (TPSA) is 74.0 Å². The van der Waals surface area contributed by atoms with Gasteiger partial charge in [0, 0.05) is 11.7 Å². The number of cyclic esters (lactones) is 1. The number of hydrogen-bond acceptors (Lipinski definition) is 5. The van der Waals surface area contributed by atoms with Crippen LogP contribution >= 0.6 is 0 Å². The van der Waals surface area contributed by atoms with E-state index in [1.54, 1.807) is 12.0 Å². The standard InChI is InChI=1S/C19H22N2O4/c1-13(20)18-11-21(19(22)25-18)15-6-8-16(9-7-15)24-12-14-4-3-5-17(10-14)23-2/h3-10,13,18H,11-12,20H2,1-2H3. The zero-order valence-electron chi connectivity index (χ0n) is 14.3. The van der Waals surface area contributed by atoms with Gasteiger partial charge in [-0.1, -0.05) is 12.1 Å². The van der Waals surface area contributed by atoms with E-state index >= 15 is 0 Å². The lowest BCUT2D eigenvalue weighted by Gasteiger charge is -2.15. The fourth-order valence-electron chi connectivity index (χ4n) is 2.62. The number of carbonyl (C=O) groups excluding carboxylic acids is 1. The molecule has 6 nitrogen and oxygen atoms in total. The van der Waals surface area contributed by atoms with Gasteiger partial charge in [-0.25, -0.2) is 4.79 Å². The monoisotopic (exact) mass is 342 g/mol. The van der Waals surface area contributed by atoms with Crippen molar-refractivity contribution in [1.29, 1.82) is 0 Å². The van der Waals surface area contributed by atoms with Crippen molar-refractivity contribution in [3.05, 3.63) is 54.1 Å². The number of nitrogens with two attached hydrogens (primary N) is 1. The second kappa shape index (κ2) is 7.44. The SMILES string of the molecule is COc1cccc(COc2ccc(N3CC(C(C)N)OC3=O)cc2)c1. The molecule has 0 aromatic heterocycles. The molecule has 0 aliphatic carbocycles. The van der Waals surface area contributed by atoms with Crippen LogP contribution in [0.15, 0.2) is 48.5 Å². The van der Waals surface area contributed by atoms with E-state index in [1.165, 1.54) is 0 Å². The number of ether oxygens (including phenoxy) is 3. The third-order valence-electron chi connectivity index (χ3n) is 4.11. The van der Waals surface area contributed by atoms with Crippen LogP contribution < -0.4 is 20.1 Å². The molecule has 132 valence electrons. The molecule has 3 rings (SSSR count). The average molecular weight is 342 g/mol. The van der Waals surface area contributed by atoms with E-state index in [4.69, 9.17) is 19.9 Å². The fourth-order valence-corrected chi connectivity index (χ4v) is 2.62. The molecule has 2 aromatic carbocycles. The molecule has 1 saturated heterocycles. The predicted molar refractivity (Wildman–Crippen MR) is 95.0 cm³/mol. The van der Waals surface area contributed by atoms with Crippen LogP contribution in [0, 0.1) is 0 Å². The van der Waals surface area contributed by atoms with Gasteiger partial charge in [0.1, 0.15) is 24.2 Å². The molecule has 2 N–H and O–H groups in total. The number of rotatable bonds is 6. The highest BCUT2D eigenvalue weighted by molar-refractivity contribution is 5.89. The third-order valence-corrected chi connectivity index (χ3v) is 4.11. The zero-order chi connectivity index (χ0) is 17.8. The lowest BCUT2D eigenvalue weighted by atomic mass is 10.2. The molecule has 1 aliphatic heterocycles. The van der Waals surface area contributed by atoms with Gasteiger partial charge in [-0.3, -0.25) is 4.90 Å². The van der Waals surface area contributed by atoms with Crippen molar-refractivity contribution in [2.45, 2.75) is 25.7 Å². The molecule has 2 unspecified atom stereocenters. The van der Waals surface area contributed by atoms with Crippen molar-refractivity contribution in [2.75, 3.05) is 18.6 Å². The summed E-state index contributed by atoms with van der Waals surface area (Å²) in [4.78, 5) is 13.5. The Morgan fingerprint density at radius 2 is 2.00 bits per heavy atom. The first kappa shape index (κ1) is 17.1. The normalized spacial score (nSPS) is 18.0. The van der Waals surface area contributed by atoms with Crippen LogP contribution in [0.3, 0.4) is 0 Å². The Bertz CT molecular complexity index is 730. The molecule has 0 saturated carbocycles. The van der Waals surface area contributed by atoms with Crippen molar-refractivity contribution >= 4 is 11.8 Å². The van der Waals surface area contributed by atoms with Crippen LogP contribution in [0.4, 0.5) is 10.5 Å². The number of hydrogen-bond donors (Lipinski definition) is 1. The highest BCUT2D eigenvalue weighted by Gasteiger charge is 2.34. The van der Waals surface area contributed by atoms with Gasteiger partial charge < -0.3 is 19.9 Å². The van der Waals surface area contributed by atoms with Gasteiger partial charge in [0.15, 0.2) is 0 Å². The van der Waals surface area contributed by atoms with Crippen molar-refractivity contribution in [3.8, 4) is 11.5 Å². The number of nitrogens with zero attached hydrogens (tertiary/aromatic N) is 1. The minimum Gasteiger partial charge on any atom is -0.497 e. The van der Waals surface area contributed by atoms with Gasteiger partial charge in [-0.15, -0.1) is 0 Å². The van der Waals surface area contributed by atoms with E-state index < -0.39 is 0 Å². The number of carbonyl (C=O) groups is 1. The van der Waals surface area contributed by atoms with E-state index in [1.807, 2.05) is 55.5 Å². The van der Waals surface area contributed by atoms with Gasteiger partial charge in [0.05, 0.1) is 13.7 Å². The van der Waals surface area contributed by atoms with E-state index in [0.29, 0.717) is 13.2 Å². The van der Waals surface area contributed by atoms with Crippen molar-refractivity contribution in [2.24, 2.45) is 5.73 Å². The van der Waals surface area contributed by atoms with Crippen molar-refractivity contribution in [1.82, 2.24) is 0 Å². The van der Waals surface area contributed by atoms with E-state index in [0.717, 1.165) is 22.7 Å². The summed E-state index contributed by atoms with van der Waals surface area (Å²) in [6, 6.07) is 14.9. The highest BCUT2D eigenvalue weighted by atomic mass is 16.6. The molecule has 0 radical (unpaired) electrons. The first-order valence-corrected chi connectivity index (χ1v) is 8.16. The second-order valence-electron chi connectivity index (χ2n) is 6.03. The Hall–Kier alpha value is -2.73. The third kappa shape index (κ3) is 4.03. The Balaban J connectivity index is 1.61. The molecule has 1 aliphatic rings. The van der Waals surface area contributed by atoms with Crippen LogP contribution in [0.1, 0.15) is 12.5 Å². The molecule has 1 fully saturated rings. The average Bonchev–Trinajstić information content (AvgIpc) is 3.03. The van der Waals surface area contributed by atoms with Crippen LogP contribution in [-0.4, -0.2) is 31.9 Å². The minimum atomic E-state index is -0.368. The van der Waals surface area contributed by atoms with Crippen LogP contribution in [0.5, 0.6) is 11.5 Å². The molecular weight excluding hydrogens is 320 g/mol. The quantitative estimate of drug-likeness (QED) is 0.874. The van der Waals surface area contributed by atoms with Gasteiger partial charge in [-0.2, -0.15) is 0 Å². The molecule has 1 heterocycles. The number of amides is 1. The Morgan fingerprint density at radius 3 is 2.64 bits per heavy atom. The first-order valence-electron chi connectivity index (χ1n) is 8.16. The van der Waals surface area contributed by atoms with Crippen LogP contribution in [0.25, 0.3) is 0 Å². The number of benzene rings is 2. The Morgan fingerprint density at radius 1 is 1.24 bits per heavy atom. The largest absolute Gasteiger partial charge is 0.497 e. The maximum atomic E-state index is 12.0. The van der Waals surface area contributed by atoms with Crippen molar-refractivity contribution < 1.29 is 19.0 Å². The number of methoxy groups -OCH3 is 1. The van der Waals surface area contributed by atoms with Gasteiger partial charge in [0.25, 0.3) is 0 Å². The van der Waals surface area contributed by atoms with Gasteiger partial charge in [0.2, 0.25) is 0 Å². The predicted octanol–water partition coefficient (Wildman–Crippen LogP) is 2.95. The van der Waals surface area contributed by atoms with E-state index in [9.17, 15) is 4.79 Å². The maximum absolute atomic E-state index is 12.0. The number of anilines is 1. The van der Waals surface area contributed by atoms with Gasteiger partial charge >= 0.3 is 6.09 Å². The van der Waals surface area contributed by atoms with Crippen molar-refractivity contribution in [3.63, 3.8) is 0 Å². The lowest BCUT2D eigenvalue weighted by molar-refractivity contribution is 0.130. The van der Waals surface area contributed by atoms with Crippen LogP contribution in [-0.2, 0) is 11.3 Å². The smallest absolute Gasteiger partial charge is 0.414 e. The first-order chi connectivity index (χ1) is 12.1. The molecule has 0 spiro atoms. The fraction of sp³-hybridized carbons (Fsp3) is 0.316. The Kier molecular flexibility index (Phi) is 5.09. The van der Waals surface area contributed by atoms with Crippen LogP contribution in [0.2, 0.25) is 0 Å². The van der Waals surface area contributed by atoms with E-state index in [-0.39, 0.29) is 18.2 Å². The molecule has 6 heteroatoms. The Labute approximate surface area is 147 Å². The summed E-state index contributed by atoms with van der Waals surface area (Å²) in [5.74, 6) is 1.52. The molecule has 2 aromatic rings. The highest BCUT2D eigenvalue weighted by Crippen LogP contribution is 2.25. The summed E-state index contributed by atoms with van der Waals surface area (Å²) in [5, 5.41) is 0. The molecular formula is C19H22N2O4. The second-order valence-corrected chi connectivity index (χ2v) is 6.03. The zero-order valence-corrected chi connectivity index (χ0v) is 14.3. The van der Waals surface area contributed by atoms with Gasteiger partial charge in [-0.05, 0) is 48.9 Å². The summed E-state index contributed by atoms with van der Waals surface area (Å²) in [6.45, 7) is 2.73. The summed E-state index contributed by atoms with van der Waals surface area (Å²) in [6.07, 6.45) is -0.649. The molecule has 2 atom stereocenters.